The summed E-state index contributed by atoms with van der Waals surface area (Å²) in [6.07, 6.45) is 0.226. The Bertz CT molecular complexity index is 230. The van der Waals surface area contributed by atoms with Crippen LogP contribution >= 0.6 is 23.2 Å². The van der Waals surface area contributed by atoms with Crippen molar-refractivity contribution in [2.24, 2.45) is 11.8 Å². The molecular weight excluding hydrogens is 231 g/mol. The third-order valence-corrected chi connectivity index (χ3v) is 3.43. The number of carbonyl (C=O) groups is 2. The van der Waals surface area contributed by atoms with Crippen molar-refractivity contribution in [1.29, 1.82) is 0 Å². The van der Waals surface area contributed by atoms with E-state index in [0.717, 1.165) is 0 Å². The van der Waals surface area contributed by atoms with Crippen LogP contribution in [0.4, 0.5) is 0 Å². The molecule has 14 heavy (non-hydrogen) atoms. The third-order valence-electron chi connectivity index (χ3n) is 2.47. The van der Waals surface area contributed by atoms with Crippen molar-refractivity contribution >= 4 is 35.1 Å². The van der Waals surface area contributed by atoms with E-state index in [1.807, 2.05) is 0 Å². The Kier molecular flexibility index (Phi) is 3.61. The van der Waals surface area contributed by atoms with Crippen LogP contribution in [0.1, 0.15) is 12.8 Å². The molecular formula is C8H10Cl2O4. The first-order valence-electron chi connectivity index (χ1n) is 4.17. The second kappa shape index (κ2) is 4.36. The van der Waals surface area contributed by atoms with Crippen molar-refractivity contribution in [3.05, 3.63) is 0 Å². The normalized spacial score (nSPS) is 37.9. The van der Waals surface area contributed by atoms with Gasteiger partial charge in [0.25, 0.3) is 0 Å². The number of rotatable bonds is 2. The van der Waals surface area contributed by atoms with Gasteiger partial charge in [-0.1, -0.05) is 0 Å². The van der Waals surface area contributed by atoms with Gasteiger partial charge in [0.15, 0.2) is 0 Å². The van der Waals surface area contributed by atoms with E-state index in [2.05, 4.69) is 0 Å². The van der Waals surface area contributed by atoms with Crippen molar-refractivity contribution < 1.29 is 19.8 Å². The van der Waals surface area contributed by atoms with Crippen molar-refractivity contribution in [3.8, 4) is 0 Å². The van der Waals surface area contributed by atoms with Crippen LogP contribution in [0.5, 0.6) is 0 Å². The summed E-state index contributed by atoms with van der Waals surface area (Å²) in [6, 6.07) is 0. The molecule has 0 aliphatic heterocycles. The lowest BCUT2D eigenvalue weighted by Gasteiger charge is -2.31. The topological polar surface area (TPSA) is 74.6 Å². The second-order valence-corrected chi connectivity index (χ2v) is 4.51. The van der Waals surface area contributed by atoms with Crippen LogP contribution in [0.25, 0.3) is 0 Å². The molecule has 2 N–H and O–H groups in total. The first-order valence-corrected chi connectivity index (χ1v) is 5.04. The molecule has 1 saturated carbocycles. The molecule has 0 heterocycles. The Morgan fingerprint density at radius 2 is 1.21 bits per heavy atom. The zero-order chi connectivity index (χ0) is 10.9. The molecule has 6 heteroatoms. The summed E-state index contributed by atoms with van der Waals surface area (Å²) in [6.45, 7) is 0. The molecule has 0 aromatic carbocycles. The van der Waals surface area contributed by atoms with Gasteiger partial charge in [0.1, 0.15) is 0 Å². The van der Waals surface area contributed by atoms with Crippen LogP contribution in [0.3, 0.4) is 0 Å². The Balaban J connectivity index is 2.71. The van der Waals surface area contributed by atoms with Gasteiger partial charge in [0.2, 0.25) is 0 Å². The third kappa shape index (κ3) is 2.30. The van der Waals surface area contributed by atoms with E-state index in [0.29, 0.717) is 0 Å². The zero-order valence-corrected chi connectivity index (χ0v) is 8.70. The molecule has 0 spiro atoms. The van der Waals surface area contributed by atoms with Crippen molar-refractivity contribution in [3.63, 3.8) is 0 Å². The molecule has 0 aromatic heterocycles. The fourth-order valence-electron chi connectivity index (χ4n) is 1.62. The smallest absolute Gasteiger partial charge is 0.308 e. The van der Waals surface area contributed by atoms with Crippen LogP contribution in [-0.2, 0) is 9.59 Å². The SMILES string of the molecule is O=C(O)C1CC(Cl)C(C(=O)O)CC1Cl. The number of halogens is 2. The minimum atomic E-state index is -1.01. The van der Waals surface area contributed by atoms with Crippen LogP contribution in [0.15, 0.2) is 0 Å². The molecule has 0 bridgehead atoms. The average Bonchev–Trinajstić information content (AvgIpc) is 2.07. The summed E-state index contributed by atoms with van der Waals surface area (Å²) < 4.78 is 0. The molecule has 80 valence electrons. The quantitative estimate of drug-likeness (QED) is 0.716. The van der Waals surface area contributed by atoms with Gasteiger partial charge in [-0.3, -0.25) is 9.59 Å². The molecule has 1 rings (SSSR count). The van der Waals surface area contributed by atoms with Gasteiger partial charge >= 0.3 is 11.9 Å². The first-order chi connectivity index (χ1) is 6.43. The van der Waals surface area contributed by atoms with Crippen LogP contribution in [0, 0.1) is 11.8 Å². The highest BCUT2D eigenvalue weighted by Gasteiger charge is 2.42. The molecule has 0 aromatic rings. The molecule has 4 unspecified atom stereocenters. The first kappa shape index (κ1) is 11.6. The van der Waals surface area contributed by atoms with Gasteiger partial charge in [0, 0.05) is 10.8 Å². The molecule has 1 aliphatic rings. The van der Waals surface area contributed by atoms with E-state index < -0.39 is 34.5 Å². The highest BCUT2D eigenvalue weighted by atomic mass is 35.5. The van der Waals surface area contributed by atoms with E-state index in [1.165, 1.54) is 0 Å². The minimum absolute atomic E-state index is 0.113. The van der Waals surface area contributed by atoms with Gasteiger partial charge in [0.05, 0.1) is 11.8 Å². The maximum absolute atomic E-state index is 10.7. The van der Waals surface area contributed by atoms with Gasteiger partial charge in [-0.2, -0.15) is 0 Å². The van der Waals surface area contributed by atoms with Crippen LogP contribution < -0.4 is 0 Å². The van der Waals surface area contributed by atoms with Gasteiger partial charge in [-0.15, -0.1) is 23.2 Å². The van der Waals surface area contributed by atoms with Crippen molar-refractivity contribution in [2.75, 3.05) is 0 Å². The maximum atomic E-state index is 10.7. The lowest BCUT2D eigenvalue weighted by molar-refractivity contribution is -0.147. The molecule has 0 amide bonds. The molecule has 4 nitrogen and oxygen atoms in total. The summed E-state index contributed by atoms with van der Waals surface area (Å²) in [4.78, 5) is 21.4. The molecule has 0 radical (unpaired) electrons. The van der Waals surface area contributed by atoms with E-state index in [-0.39, 0.29) is 12.8 Å². The predicted molar refractivity (Wildman–Crippen MR) is 50.8 cm³/mol. The Morgan fingerprint density at radius 3 is 1.43 bits per heavy atom. The van der Waals surface area contributed by atoms with Crippen LogP contribution in [0.2, 0.25) is 0 Å². The van der Waals surface area contributed by atoms with Gasteiger partial charge < -0.3 is 10.2 Å². The highest BCUT2D eigenvalue weighted by molar-refractivity contribution is 6.24. The average molecular weight is 241 g/mol. The van der Waals surface area contributed by atoms with Gasteiger partial charge in [-0.25, -0.2) is 0 Å². The molecule has 0 saturated heterocycles. The number of carboxylic acid groups (broad SMARTS) is 2. The van der Waals surface area contributed by atoms with E-state index in [4.69, 9.17) is 33.4 Å². The monoisotopic (exact) mass is 240 g/mol. The number of carboxylic acids is 2. The van der Waals surface area contributed by atoms with E-state index in [9.17, 15) is 9.59 Å². The fraction of sp³-hybridized carbons (Fsp3) is 0.750. The standard InChI is InChI=1S/C8H10Cl2O4/c9-5-1-3(7(11)12)6(10)2-4(5)8(13)14/h3-6H,1-2H2,(H,11,12)(H,13,14). The molecule has 1 aliphatic carbocycles. The number of aliphatic carboxylic acids is 2. The van der Waals surface area contributed by atoms with Crippen molar-refractivity contribution in [1.82, 2.24) is 0 Å². The Morgan fingerprint density at radius 1 is 0.929 bits per heavy atom. The summed E-state index contributed by atoms with van der Waals surface area (Å²) >= 11 is 11.6. The maximum Gasteiger partial charge on any atom is 0.308 e. The lowest BCUT2D eigenvalue weighted by atomic mass is 9.81. The van der Waals surface area contributed by atoms with Gasteiger partial charge in [-0.05, 0) is 12.8 Å². The lowest BCUT2D eigenvalue weighted by Crippen LogP contribution is -2.40. The summed E-state index contributed by atoms with van der Waals surface area (Å²) in [7, 11) is 0. The highest BCUT2D eigenvalue weighted by Crippen LogP contribution is 2.36. The number of alkyl halides is 2. The Hall–Kier alpha value is -0.480. The second-order valence-electron chi connectivity index (χ2n) is 3.39. The van der Waals surface area contributed by atoms with E-state index in [1.54, 1.807) is 0 Å². The zero-order valence-electron chi connectivity index (χ0n) is 7.19. The summed E-state index contributed by atoms with van der Waals surface area (Å²) in [5, 5.41) is 16.2. The predicted octanol–water partition coefficient (Wildman–Crippen LogP) is 1.40. The summed E-state index contributed by atoms with van der Waals surface area (Å²) in [5.41, 5.74) is 0. The summed E-state index contributed by atoms with van der Waals surface area (Å²) in [5.74, 6) is -3.51. The van der Waals surface area contributed by atoms with Crippen LogP contribution in [-0.4, -0.2) is 32.9 Å². The number of hydrogen-bond acceptors (Lipinski definition) is 2. The van der Waals surface area contributed by atoms with E-state index >= 15 is 0 Å². The Labute approximate surface area is 90.8 Å². The molecule has 4 atom stereocenters. The molecule has 1 fully saturated rings. The number of hydrogen-bond donors (Lipinski definition) is 2. The minimum Gasteiger partial charge on any atom is -0.481 e. The fourth-order valence-corrected chi connectivity index (χ4v) is 2.43. The largest absolute Gasteiger partial charge is 0.481 e. The van der Waals surface area contributed by atoms with Crippen molar-refractivity contribution in [2.45, 2.75) is 23.6 Å².